The Kier molecular flexibility index (Phi) is 7.68. The Morgan fingerprint density at radius 3 is 2.31 bits per heavy atom. The van der Waals surface area contributed by atoms with E-state index in [1.165, 1.54) is 12.1 Å². The number of aromatic hydroxyl groups is 1. The number of methoxy groups -OCH3 is 1. The van der Waals surface area contributed by atoms with Gasteiger partial charge in [-0.1, -0.05) is 0 Å². The molecule has 0 radical (unpaired) electrons. The molecule has 26 heavy (non-hydrogen) atoms. The zero-order chi connectivity index (χ0) is 18.9. The maximum absolute atomic E-state index is 12.5. The minimum atomic E-state index is -0.640. The predicted molar refractivity (Wildman–Crippen MR) is 94.1 cm³/mol. The van der Waals surface area contributed by atoms with Crippen LogP contribution >= 0.6 is 0 Å². The molecule has 0 aromatic heterocycles. The molecule has 144 valence electrons. The molecule has 1 aliphatic heterocycles. The Hall–Kier alpha value is -2.32. The number of phenols is 1. The van der Waals surface area contributed by atoms with Crippen LogP contribution in [0.1, 0.15) is 6.92 Å². The Morgan fingerprint density at radius 2 is 1.69 bits per heavy atom. The van der Waals surface area contributed by atoms with E-state index < -0.39 is 6.10 Å². The van der Waals surface area contributed by atoms with Crippen LogP contribution in [0, 0.1) is 0 Å². The van der Waals surface area contributed by atoms with Gasteiger partial charge in [-0.25, -0.2) is 0 Å². The van der Waals surface area contributed by atoms with Gasteiger partial charge in [0.1, 0.15) is 18.1 Å². The molecule has 1 atom stereocenters. The van der Waals surface area contributed by atoms with Crippen molar-refractivity contribution in [1.29, 1.82) is 0 Å². The smallest absolute Gasteiger partial charge is 0.263 e. The molecular weight excluding hydrogens is 340 g/mol. The average molecular weight is 366 g/mol. The van der Waals surface area contributed by atoms with Crippen LogP contribution in [0.3, 0.4) is 0 Å². The molecule has 1 aliphatic rings. The van der Waals surface area contributed by atoms with Gasteiger partial charge >= 0.3 is 0 Å². The molecule has 8 nitrogen and oxygen atoms in total. The lowest BCUT2D eigenvalue weighted by Gasteiger charge is -2.35. The van der Waals surface area contributed by atoms with Crippen LogP contribution in [0.15, 0.2) is 24.3 Å². The first-order valence-corrected chi connectivity index (χ1v) is 8.60. The molecule has 0 saturated carbocycles. The summed E-state index contributed by atoms with van der Waals surface area (Å²) in [6, 6.07) is 6.23. The van der Waals surface area contributed by atoms with Crippen LogP contribution < -0.4 is 4.74 Å². The molecule has 8 heteroatoms. The van der Waals surface area contributed by atoms with Gasteiger partial charge in [0.15, 0.2) is 6.10 Å². The highest BCUT2D eigenvalue weighted by molar-refractivity contribution is 5.82. The number of nitrogens with zero attached hydrogens (tertiary/aromatic N) is 2. The third-order valence-corrected chi connectivity index (χ3v) is 4.10. The molecule has 1 aromatic rings. The summed E-state index contributed by atoms with van der Waals surface area (Å²) >= 11 is 0. The van der Waals surface area contributed by atoms with E-state index in [2.05, 4.69) is 0 Å². The van der Waals surface area contributed by atoms with Crippen molar-refractivity contribution in [1.82, 2.24) is 9.80 Å². The standard InChI is InChI=1S/C18H26N2O6/c1-14(26-16-5-3-15(21)4-6-16)18(23)20-9-7-19(8-10-20)17(22)13-25-12-11-24-2/h3-6,14,21H,7-13H2,1-2H3. The van der Waals surface area contributed by atoms with Crippen molar-refractivity contribution in [3.63, 3.8) is 0 Å². The molecule has 1 N–H and O–H groups in total. The predicted octanol–water partition coefficient (Wildman–Crippen LogP) is 0.493. The lowest BCUT2D eigenvalue weighted by Crippen LogP contribution is -2.53. The fourth-order valence-electron chi connectivity index (χ4n) is 2.61. The second kappa shape index (κ2) is 9.98. The summed E-state index contributed by atoms with van der Waals surface area (Å²) in [5.41, 5.74) is 0. The maximum atomic E-state index is 12.5. The lowest BCUT2D eigenvalue weighted by molar-refractivity contribution is -0.145. The van der Waals surface area contributed by atoms with Crippen molar-refractivity contribution in [3.05, 3.63) is 24.3 Å². The van der Waals surface area contributed by atoms with Crippen LogP contribution in [0.4, 0.5) is 0 Å². The van der Waals surface area contributed by atoms with E-state index in [0.29, 0.717) is 45.1 Å². The van der Waals surface area contributed by atoms with Gasteiger partial charge in [0.2, 0.25) is 5.91 Å². The fourth-order valence-corrected chi connectivity index (χ4v) is 2.61. The summed E-state index contributed by atoms with van der Waals surface area (Å²) in [6.45, 7) is 4.43. The third-order valence-electron chi connectivity index (χ3n) is 4.10. The highest BCUT2D eigenvalue weighted by atomic mass is 16.5. The van der Waals surface area contributed by atoms with E-state index in [-0.39, 0.29) is 24.2 Å². The Bertz CT molecular complexity index is 584. The summed E-state index contributed by atoms with van der Waals surface area (Å²) in [5, 5.41) is 9.28. The summed E-state index contributed by atoms with van der Waals surface area (Å²) in [6.07, 6.45) is -0.640. The lowest BCUT2D eigenvalue weighted by atomic mass is 10.2. The van der Waals surface area contributed by atoms with Crippen molar-refractivity contribution in [2.24, 2.45) is 0 Å². The number of piperazine rings is 1. The van der Waals surface area contributed by atoms with E-state index in [9.17, 15) is 14.7 Å². The van der Waals surface area contributed by atoms with Crippen LogP contribution in [-0.2, 0) is 19.1 Å². The SMILES string of the molecule is COCCOCC(=O)N1CCN(C(=O)C(C)Oc2ccc(O)cc2)CC1. The minimum Gasteiger partial charge on any atom is -0.508 e. The summed E-state index contributed by atoms with van der Waals surface area (Å²) < 4.78 is 15.7. The van der Waals surface area contributed by atoms with Gasteiger partial charge in [0.25, 0.3) is 5.91 Å². The van der Waals surface area contributed by atoms with Gasteiger partial charge in [-0.15, -0.1) is 0 Å². The highest BCUT2D eigenvalue weighted by Gasteiger charge is 2.27. The number of phenolic OH excluding ortho intramolecular Hbond substituents is 1. The van der Waals surface area contributed by atoms with E-state index in [1.54, 1.807) is 36.0 Å². The van der Waals surface area contributed by atoms with Crippen LogP contribution in [0.5, 0.6) is 11.5 Å². The number of amides is 2. The first-order valence-electron chi connectivity index (χ1n) is 8.60. The summed E-state index contributed by atoms with van der Waals surface area (Å²) in [7, 11) is 1.58. The first kappa shape index (κ1) is 20.0. The molecule has 1 unspecified atom stereocenters. The van der Waals surface area contributed by atoms with Crippen LogP contribution in [0.2, 0.25) is 0 Å². The van der Waals surface area contributed by atoms with Crippen LogP contribution in [-0.4, -0.2) is 85.9 Å². The Labute approximate surface area is 153 Å². The summed E-state index contributed by atoms with van der Waals surface area (Å²) in [5.74, 6) is 0.456. The van der Waals surface area contributed by atoms with Gasteiger partial charge in [0, 0.05) is 33.3 Å². The van der Waals surface area contributed by atoms with E-state index in [1.807, 2.05) is 0 Å². The van der Waals surface area contributed by atoms with Crippen molar-refractivity contribution < 1.29 is 28.9 Å². The summed E-state index contributed by atoms with van der Waals surface area (Å²) in [4.78, 5) is 27.9. The molecule has 1 fully saturated rings. The molecule has 1 aromatic carbocycles. The number of benzene rings is 1. The monoisotopic (exact) mass is 366 g/mol. The molecule has 1 saturated heterocycles. The number of carbonyl (C=O) groups is 2. The van der Waals surface area contributed by atoms with E-state index in [0.717, 1.165) is 0 Å². The molecule has 2 rings (SSSR count). The highest BCUT2D eigenvalue weighted by Crippen LogP contribution is 2.18. The minimum absolute atomic E-state index is 0.0255. The third kappa shape index (κ3) is 5.89. The van der Waals surface area contributed by atoms with Gasteiger partial charge in [-0.2, -0.15) is 0 Å². The fraction of sp³-hybridized carbons (Fsp3) is 0.556. The topological polar surface area (TPSA) is 88.5 Å². The number of rotatable bonds is 8. The second-order valence-corrected chi connectivity index (χ2v) is 6.01. The van der Waals surface area contributed by atoms with Crippen LogP contribution in [0.25, 0.3) is 0 Å². The van der Waals surface area contributed by atoms with Gasteiger partial charge < -0.3 is 29.1 Å². The molecule has 0 spiro atoms. The quantitative estimate of drug-likeness (QED) is 0.674. The zero-order valence-corrected chi connectivity index (χ0v) is 15.2. The van der Waals surface area contributed by atoms with Gasteiger partial charge in [0.05, 0.1) is 13.2 Å². The van der Waals surface area contributed by atoms with E-state index in [4.69, 9.17) is 14.2 Å². The maximum Gasteiger partial charge on any atom is 0.263 e. The zero-order valence-electron chi connectivity index (χ0n) is 15.2. The Balaban J connectivity index is 1.74. The number of hydrogen-bond donors (Lipinski definition) is 1. The number of hydrogen-bond acceptors (Lipinski definition) is 6. The van der Waals surface area contributed by atoms with Gasteiger partial charge in [-0.05, 0) is 31.2 Å². The number of ether oxygens (including phenoxy) is 3. The van der Waals surface area contributed by atoms with E-state index >= 15 is 0 Å². The molecule has 0 bridgehead atoms. The van der Waals surface area contributed by atoms with Crippen molar-refractivity contribution in [3.8, 4) is 11.5 Å². The normalized spacial score (nSPS) is 15.6. The number of carbonyl (C=O) groups excluding carboxylic acids is 2. The Morgan fingerprint density at radius 1 is 1.08 bits per heavy atom. The molecule has 1 heterocycles. The second-order valence-electron chi connectivity index (χ2n) is 6.01. The van der Waals surface area contributed by atoms with Crippen molar-refractivity contribution in [2.45, 2.75) is 13.0 Å². The van der Waals surface area contributed by atoms with Crippen molar-refractivity contribution in [2.75, 3.05) is 53.1 Å². The van der Waals surface area contributed by atoms with Gasteiger partial charge in [-0.3, -0.25) is 9.59 Å². The van der Waals surface area contributed by atoms with Crippen molar-refractivity contribution >= 4 is 11.8 Å². The first-order chi connectivity index (χ1) is 12.5. The molecule has 2 amide bonds. The molecular formula is C18H26N2O6. The molecule has 0 aliphatic carbocycles. The average Bonchev–Trinajstić information content (AvgIpc) is 2.66. The largest absolute Gasteiger partial charge is 0.508 e.